The van der Waals surface area contributed by atoms with Crippen LogP contribution >= 0.6 is 11.6 Å². The van der Waals surface area contributed by atoms with Gasteiger partial charge in [0.15, 0.2) is 0 Å². The molecule has 5 aliphatic heterocycles. The van der Waals surface area contributed by atoms with E-state index in [2.05, 4.69) is 42.5 Å². The van der Waals surface area contributed by atoms with Crippen LogP contribution in [-0.4, -0.2) is 54.6 Å². The van der Waals surface area contributed by atoms with Gasteiger partial charge in [0, 0.05) is 22.7 Å². The molecule has 44 heavy (non-hydrogen) atoms. The fraction of sp³-hybridized carbons (Fsp3) is 0.970. The van der Waals surface area contributed by atoms with Crippen LogP contribution in [-0.2, 0) is 21.6 Å². The van der Waals surface area contributed by atoms with E-state index in [4.69, 9.17) is 11.6 Å². The molecular formula is C33H55ClCoN8O. The van der Waals surface area contributed by atoms with Gasteiger partial charge in [-0.3, -0.25) is 47.3 Å². The molecule has 0 aromatic heterocycles. The van der Waals surface area contributed by atoms with Gasteiger partial charge in [-0.15, -0.1) is 0 Å². The molecule has 0 amide bonds. The fourth-order valence-electron chi connectivity index (χ4n) is 12.2. The molecular weight excluding hydrogens is 619 g/mol. The molecule has 1 radical (unpaired) electrons. The van der Waals surface area contributed by atoms with Crippen LogP contribution in [0, 0.1) is 53.3 Å². The van der Waals surface area contributed by atoms with Crippen LogP contribution in [0.3, 0.4) is 0 Å². The minimum Gasteiger partial charge on any atom is -0.286 e. The molecule has 11 heteroatoms. The van der Waals surface area contributed by atoms with Crippen molar-refractivity contribution in [2.45, 2.75) is 146 Å². The second-order valence-corrected chi connectivity index (χ2v) is 16.5. The van der Waals surface area contributed by atoms with Crippen molar-refractivity contribution in [1.29, 1.82) is 0 Å². The molecule has 17 unspecified atom stereocenters. The van der Waals surface area contributed by atoms with Gasteiger partial charge in [-0.25, -0.2) is 0 Å². The minimum absolute atomic E-state index is 0. The number of fused-ring (bicyclic) bond motifs is 20. The fourth-order valence-corrected chi connectivity index (χ4v) is 12.4. The van der Waals surface area contributed by atoms with E-state index in [9.17, 15) is 4.79 Å². The quantitative estimate of drug-likeness (QED) is 0.199. The van der Waals surface area contributed by atoms with E-state index < -0.39 is 0 Å². The summed E-state index contributed by atoms with van der Waals surface area (Å²) in [6.45, 7) is 0. The molecule has 8 bridgehead atoms. The summed E-state index contributed by atoms with van der Waals surface area (Å²) in [5.74, 6) is 4.94. The average Bonchev–Trinajstić information content (AvgIpc) is 3.76. The summed E-state index contributed by atoms with van der Waals surface area (Å²) in [5, 5.41) is 33.2. The molecule has 9 rings (SSSR count). The molecule has 5 heterocycles. The van der Waals surface area contributed by atoms with Crippen molar-refractivity contribution < 1.29 is 21.6 Å². The van der Waals surface area contributed by atoms with E-state index in [1.165, 1.54) is 77.0 Å². The van der Waals surface area contributed by atoms with Crippen molar-refractivity contribution in [3.63, 3.8) is 0 Å². The first-order valence-electron chi connectivity index (χ1n) is 18.4. The Bertz CT molecular complexity index is 1060. The monoisotopic (exact) mass is 673 g/mol. The molecule has 8 N–H and O–H groups in total. The molecule has 4 aliphatic carbocycles. The van der Waals surface area contributed by atoms with Gasteiger partial charge in [-0.05, 0) is 117 Å². The number of carbonyl (C=O) groups is 1. The molecule has 4 saturated carbocycles. The first-order valence-corrected chi connectivity index (χ1v) is 18.8. The first kappa shape index (κ1) is 31.4. The number of rotatable bonds is 1. The van der Waals surface area contributed by atoms with Crippen molar-refractivity contribution in [2.75, 3.05) is 0 Å². The summed E-state index contributed by atoms with van der Waals surface area (Å²) < 4.78 is 0. The number of hydrogen-bond acceptors (Lipinski definition) is 9. The normalized spacial score (nSPS) is 54.8. The molecule has 249 valence electrons. The Kier molecular flexibility index (Phi) is 9.19. The number of halogens is 1. The molecule has 9 aliphatic rings. The van der Waals surface area contributed by atoms with Crippen molar-refractivity contribution >= 4 is 16.8 Å². The summed E-state index contributed by atoms with van der Waals surface area (Å²) in [5.41, 5.74) is 0. The molecule has 9 nitrogen and oxygen atoms in total. The van der Waals surface area contributed by atoms with Crippen molar-refractivity contribution in [3.05, 3.63) is 0 Å². The van der Waals surface area contributed by atoms with Gasteiger partial charge in [-0.1, -0.05) is 38.5 Å². The van der Waals surface area contributed by atoms with Crippen LogP contribution in [0.15, 0.2) is 0 Å². The Balaban J connectivity index is 0.00000289. The summed E-state index contributed by atoms with van der Waals surface area (Å²) in [4.78, 5) is 12.4. The van der Waals surface area contributed by atoms with Crippen molar-refractivity contribution in [1.82, 2.24) is 42.5 Å². The number of carbonyl (C=O) groups excluding carboxylic acids is 1. The smallest absolute Gasteiger partial charge is 0.224 e. The second kappa shape index (κ2) is 12.9. The maximum Gasteiger partial charge on any atom is 0.224 e. The maximum atomic E-state index is 12.4. The third-order valence-electron chi connectivity index (χ3n) is 14.2. The predicted molar refractivity (Wildman–Crippen MR) is 167 cm³/mol. The van der Waals surface area contributed by atoms with Gasteiger partial charge in [-0.2, -0.15) is 0 Å². The standard InChI is InChI=1S/C33H55ClN8O.Co/c34-25(43)16-13-14-23-24(15-16)33-41-31-22-12-6-5-11-21(22)29(39-31)37-27-18-8-2-1-7-17(18)26(35-27)36-28-19-9-3-4-10-20(19)30(38-28)40-32(23)42-33;/h16-24,26-33,35-42H,1-15H2;. The van der Waals surface area contributed by atoms with Gasteiger partial charge in [0.05, 0.1) is 49.3 Å². The summed E-state index contributed by atoms with van der Waals surface area (Å²) in [7, 11) is 0. The van der Waals surface area contributed by atoms with Crippen LogP contribution in [0.2, 0.25) is 0 Å². The largest absolute Gasteiger partial charge is 0.286 e. The zero-order valence-corrected chi connectivity index (χ0v) is 27.8. The summed E-state index contributed by atoms with van der Waals surface area (Å²) >= 11 is 6.14. The van der Waals surface area contributed by atoms with Gasteiger partial charge in [0.2, 0.25) is 5.24 Å². The Morgan fingerprint density at radius 1 is 0.386 bits per heavy atom. The van der Waals surface area contributed by atoms with Gasteiger partial charge >= 0.3 is 0 Å². The Hall–Kier alpha value is 0.146. The zero-order chi connectivity index (χ0) is 28.7. The Labute approximate surface area is 279 Å². The molecule has 0 aromatic rings. The SMILES string of the molecule is O=C(Cl)C1CCC2C3NC4NC(NC5NC(NC6NC(NC(N3)C2C1)C1CCCCC61)C1CCCCC51)C1CCCCC41.[Co]. The van der Waals surface area contributed by atoms with E-state index in [1.54, 1.807) is 0 Å². The van der Waals surface area contributed by atoms with Crippen LogP contribution in [0.4, 0.5) is 0 Å². The second-order valence-electron chi connectivity index (χ2n) is 16.1. The molecule has 0 aromatic carbocycles. The van der Waals surface area contributed by atoms with Gasteiger partial charge in [0.25, 0.3) is 0 Å². The van der Waals surface area contributed by atoms with Crippen molar-refractivity contribution in [2.24, 2.45) is 53.3 Å². The van der Waals surface area contributed by atoms with Crippen LogP contribution in [0.25, 0.3) is 0 Å². The molecule has 5 saturated heterocycles. The van der Waals surface area contributed by atoms with E-state index in [0.29, 0.717) is 78.2 Å². The third kappa shape index (κ3) is 5.48. The third-order valence-corrected chi connectivity index (χ3v) is 14.5. The number of nitrogens with one attached hydrogen (secondary N) is 8. The molecule has 17 atom stereocenters. The topological polar surface area (TPSA) is 113 Å². The van der Waals surface area contributed by atoms with Crippen LogP contribution in [0.1, 0.15) is 96.3 Å². The Morgan fingerprint density at radius 2 is 0.636 bits per heavy atom. The predicted octanol–water partition coefficient (Wildman–Crippen LogP) is 2.59. The molecule has 0 spiro atoms. The van der Waals surface area contributed by atoms with Gasteiger partial charge < -0.3 is 0 Å². The average molecular weight is 674 g/mol. The van der Waals surface area contributed by atoms with E-state index in [0.717, 1.165) is 19.3 Å². The maximum absolute atomic E-state index is 12.4. The van der Waals surface area contributed by atoms with Crippen LogP contribution < -0.4 is 42.5 Å². The molecule has 9 fully saturated rings. The van der Waals surface area contributed by atoms with Gasteiger partial charge in [0.1, 0.15) is 0 Å². The summed E-state index contributed by atoms with van der Waals surface area (Å²) in [6.07, 6.45) is 21.3. The minimum atomic E-state index is -0.136. The zero-order valence-electron chi connectivity index (χ0n) is 26.0. The van der Waals surface area contributed by atoms with E-state index in [1.807, 2.05) is 0 Å². The summed E-state index contributed by atoms with van der Waals surface area (Å²) in [6, 6.07) is 0. The van der Waals surface area contributed by atoms with Crippen LogP contribution in [0.5, 0.6) is 0 Å². The van der Waals surface area contributed by atoms with E-state index in [-0.39, 0.29) is 46.4 Å². The Morgan fingerprint density at radius 3 is 0.909 bits per heavy atom. The number of hydrogen-bond donors (Lipinski definition) is 8. The van der Waals surface area contributed by atoms with Crippen molar-refractivity contribution in [3.8, 4) is 0 Å². The van der Waals surface area contributed by atoms with E-state index >= 15 is 0 Å². The first-order chi connectivity index (χ1) is 21.1.